The van der Waals surface area contributed by atoms with Gasteiger partial charge < -0.3 is 5.32 Å². The SMILES string of the molecule is CCc1ccc(CC(=O)c2ccc3c(c2)NCC3)cc1. The van der Waals surface area contributed by atoms with E-state index in [2.05, 4.69) is 42.6 Å². The zero-order chi connectivity index (χ0) is 13.9. The zero-order valence-electron chi connectivity index (χ0n) is 11.8. The summed E-state index contributed by atoms with van der Waals surface area (Å²) in [4.78, 5) is 12.3. The Balaban J connectivity index is 1.75. The first-order chi connectivity index (χ1) is 9.76. The van der Waals surface area contributed by atoms with E-state index >= 15 is 0 Å². The van der Waals surface area contributed by atoms with Crippen LogP contribution in [0.2, 0.25) is 0 Å². The molecule has 0 spiro atoms. The number of ketones is 1. The molecule has 0 saturated heterocycles. The first kappa shape index (κ1) is 12.9. The number of Topliss-reactive ketones (excluding diaryl/α,β-unsaturated/α-hetero) is 1. The molecule has 2 heteroatoms. The quantitative estimate of drug-likeness (QED) is 0.855. The second-order valence-electron chi connectivity index (χ2n) is 5.32. The van der Waals surface area contributed by atoms with Crippen LogP contribution in [0.1, 0.15) is 34.0 Å². The van der Waals surface area contributed by atoms with Gasteiger partial charge in [0, 0.05) is 24.2 Å². The average Bonchev–Trinajstić information content (AvgIpc) is 2.95. The summed E-state index contributed by atoms with van der Waals surface area (Å²) in [6.07, 6.45) is 2.57. The lowest BCUT2D eigenvalue weighted by molar-refractivity contribution is 0.0993. The fourth-order valence-corrected chi connectivity index (χ4v) is 2.64. The van der Waals surface area contributed by atoms with Crippen LogP contribution in [0.5, 0.6) is 0 Å². The molecule has 0 fully saturated rings. The van der Waals surface area contributed by atoms with Crippen LogP contribution in [0.15, 0.2) is 42.5 Å². The maximum atomic E-state index is 12.3. The number of carbonyl (C=O) groups is 1. The number of anilines is 1. The van der Waals surface area contributed by atoms with Crippen molar-refractivity contribution in [3.8, 4) is 0 Å². The van der Waals surface area contributed by atoms with Crippen molar-refractivity contribution in [3.63, 3.8) is 0 Å². The highest BCUT2D eigenvalue weighted by Gasteiger charge is 2.13. The molecule has 0 atom stereocenters. The third-order valence-corrected chi connectivity index (χ3v) is 3.94. The van der Waals surface area contributed by atoms with E-state index < -0.39 is 0 Å². The molecule has 0 bridgehead atoms. The third-order valence-electron chi connectivity index (χ3n) is 3.94. The Bertz CT molecular complexity index is 628. The van der Waals surface area contributed by atoms with Gasteiger partial charge in [0.05, 0.1) is 0 Å². The number of carbonyl (C=O) groups excluding carboxylic acids is 1. The molecule has 1 aliphatic heterocycles. The molecule has 0 amide bonds. The lowest BCUT2D eigenvalue weighted by Crippen LogP contribution is -2.04. The van der Waals surface area contributed by atoms with Gasteiger partial charge in [-0.3, -0.25) is 4.79 Å². The van der Waals surface area contributed by atoms with Crippen LogP contribution in [0.3, 0.4) is 0 Å². The highest BCUT2D eigenvalue weighted by molar-refractivity contribution is 5.98. The van der Waals surface area contributed by atoms with E-state index in [9.17, 15) is 4.79 Å². The number of benzene rings is 2. The molecule has 2 nitrogen and oxygen atoms in total. The van der Waals surface area contributed by atoms with E-state index in [1.807, 2.05) is 12.1 Å². The zero-order valence-corrected chi connectivity index (χ0v) is 11.8. The lowest BCUT2D eigenvalue weighted by atomic mass is 10.00. The van der Waals surface area contributed by atoms with Crippen LogP contribution in [0.25, 0.3) is 0 Å². The summed E-state index contributed by atoms with van der Waals surface area (Å²) >= 11 is 0. The van der Waals surface area contributed by atoms with Crippen molar-refractivity contribution in [3.05, 3.63) is 64.7 Å². The predicted molar refractivity (Wildman–Crippen MR) is 82.5 cm³/mol. The van der Waals surface area contributed by atoms with Gasteiger partial charge in [-0.05, 0) is 35.6 Å². The van der Waals surface area contributed by atoms with Gasteiger partial charge in [0.25, 0.3) is 0 Å². The molecule has 1 N–H and O–H groups in total. The molecule has 1 aliphatic rings. The fraction of sp³-hybridized carbons (Fsp3) is 0.278. The topological polar surface area (TPSA) is 29.1 Å². The molecule has 0 radical (unpaired) electrons. The van der Waals surface area contributed by atoms with Crippen LogP contribution >= 0.6 is 0 Å². The molecular formula is C18H19NO. The van der Waals surface area contributed by atoms with Gasteiger partial charge in [-0.15, -0.1) is 0 Å². The summed E-state index contributed by atoms with van der Waals surface area (Å²) in [6, 6.07) is 14.3. The molecule has 0 unspecified atom stereocenters. The Morgan fingerprint density at radius 2 is 1.85 bits per heavy atom. The molecule has 1 heterocycles. The molecule has 20 heavy (non-hydrogen) atoms. The Kier molecular flexibility index (Phi) is 3.55. The number of nitrogens with one attached hydrogen (secondary N) is 1. The van der Waals surface area contributed by atoms with Crippen LogP contribution in [0.4, 0.5) is 5.69 Å². The van der Waals surface area contributed by atoms with Crippen molar-refractivity contribution in [1.82, 2.24) is 0 Å². The molecule has 3 rings (SSSR count). The molecule has 2 aromatic rings. The molecule has 0 aromatic heterocycles. The molecule has 0 aliphatic carbocycles. The maximum Gasteiger partial charge on any atom is 0.167 e. The van der Waals surface area contributed by atoms with Gasteiger partial charge in [0.1, 0.15) is 0 Å². The highest BCUT2D eigenvalue weighted by atomic mass is 16.1. The molecule has 102 valence electrons. The van der Waals surface area contributed by atoms with Crippen molar-refractivity contribution in [1.29, 1.82) is 0 Å². The van der Waals surface area contributed by atoms with Gasteiger partial charge in [0.15, 0.2) is 5.78 Å². The van der Waals surface area contributed by atoms with E-state index in [-0.39, 0.29) is 5.78 Å². The number of rotatable bonds is 4. The van der Waals surface area contributed by atoms with Gasteiger partial charge in [-0.2, -0.15) is 0 Å². The Morgan fingerprint density at radius 1 is 1.10 bits per heavy atom. The summed E-state index contributed by atoms with van der Waals surface area (Å²) in [6.45, 7) is 3.11. The normalized spacial score (nSPS) is 12.8. The van der Waals surface area contributed by atoms with E-state index in [1.54, 1.807) is 0 Å². The van der Waals surface area contributed by atoms with Gasteiger partial charge in [-0.25, -0.2) is 0 Å². The van der Waals surface area contributed by atoms with E-state index in [0.717, 1.165) is 36.2 Å². The maximum absolute atomic E-state index is 12.3. The number of aryl methyl sites for hydroxylation is 1. The fourth-order valence-electron chi connectivity index (χ4n) is 2.64. The first-order valence-corrected chi connectivity index (χ1v) is 7.24. The standard InChI is InChI=1S/C18H19NO/c1-2-13-3-5-14(6-4-13)11-18(20)16-8-7-15-9-10-19-17(15)12-16/h3-8,12,19H,2,9-11H2,1H3. The van der Waals surface area contributed by atoms with E-state index in [4.69, 9.17) is 0 Å². The minimum atomic E-state index is 0.186. The smallest absolute Gasteiger partial charge is 0.167 e. The Morgan fingerprint density at radius 3 is 2.60 bits per heavy atom. The van der Waals surface area contributed by atoms with Crippen molar-refractivity contribution < 1.29 is 4.79 Å². The van der Waals surface area contributed by atoms with Crippen LogP contribution in [0, 0.1) is 0 Å². The summed E-state index contributed by atoms with van der Waals surface area (Å²) < 4.78 is 0. The molecule has 2 aromatic carbocycles. The second-order valence-corrected chi connectivity index (χ2v) is 5.32. The van der Waals surface area contributed by atoms with Gasteiger partial charge >= 0.3 is 0 Å². The van der Waals surface area contributed by atoms with Gasteiger partial charge in [-0.1, -0.05) is 43.3 Å². The van der Waals surface area contributed by atoms with Crippen molar-refractivity contribution in [2.45, 2.75) is 26.2 Å². The largest absolute Gasteiger partial charge is 0.384 e. The van der Waals surface area contributed by atoms with Crippen molar-refractivity contribution >= 4 is 11.5 Å². The minimum absolute atomic E-state index is 0.186. The summed E-state index contributed by atoms with van der Waals surface area (Å²) in [5.41, 5.74) is 5.63. The monoisotopic (exact) mass is 265 g/mol. The number of hydrogen-bond acceptors (Lipinski definition) is 2. The number of hydrogen-bond donors (Lipinski definition) is 1. The average molecular weight is 265 g/mol. The van der Waals surface area contributed by atoms with Gasteiger partial charge in [0.2, 0.25) is 0 Å². The minimum Gasteiger partial charge on any atom is -0.384 e. The molecule has 0 saturated carbocycles. The highest BCUT2D eigenvalue weighted by Crippen LogP contribution is 2.24. The summed E-state index contributed by atoms with van der Waals surface area (Å²) in [5.74, 6) is 0.186. The van der Waals surface area contributed by atoms with Crippen LogP contribution in [-0.4, -0.2) is 12.3 Å². The molecular weight excluding hydrogens is 246 g/mol. The summed E-state index contributed by atoms with van der Waals surface area (Å²) in [5, 5.41) is 3.32. The Hall–Kier alpha value is -2.09. The lowest BCUT2D eigenvalue weighted by Gasteiger charge is -2.05. The van der Waals surface area contributed by atoms with Crippen molar-refractivity contribution in [2.75, 3.05) is 11.9 Å². The second kappa shape index (κ2) is 5.49. The third kappa shape index (κ3) is 2.60. The Labute approximate surface area is 119 Å². The van der Waals surface area contributed by atoms with Crippen LogP contribution in [-0.2, 0) is 19.3 Å². The van der Waals surface area contributed by atoms with E-state index in [1.165, 1.54) is 11.1 Å². The first-order valence-electron chi connectivity index (χ1n) is 7.24. The van der Waals surface area contributed by atoms with E-state index in [0.29, 0.717) is 6.42 Å². The summed E-state index contributed by atoms with van der Waals surface area (Å²) in [7, 11) is 0. The predicted octanol–water partition coefficient (Wildman–Crippen LogP) is 3.64. The van der Waals surface area contributed by atoms with Crippen molar-refractivity contribution in [2.24, 2.45) is 0 Å². The van der Waals surface area contributed by atoms with Crippen LogP contribution < -0.4 is 5.32 Å². The number of fused-ring (bicyclic) bond motifs is 1.